The molecule has 0 aromatic carbocycles. The van der Waals surface area contributed by atoms with Crippen LogP contribution in [0.25, 0.3) is 0 Å². The van der Waals surface area contributed by atoms with Crippen molar-refractivity contribution < 1.29 is 9.53 Å². The van der Waals surface area contributed by atoms with E-state index in [1.54, 1.807) is 19.6 Å². The van der Waals surface area contributed by atoms with Crippen molar-refractivity contribution in [2.75, 3.05) is 30.4 Å². The lowest BCUT2D eigenvalue weighted by Gasteiger charge is -2.33. The Bertz CT molecular complexity index is 693. The van der Waals surface area contributed by atoms with E-state index in [1.165, 1.54) is 6.92 Å². The van der Waals surface area contributed by atoms with Gasteiger partial charge in [-0.15, -0.1) is 0 Å². The van der Waals surface area contributed by atoms with Crippen LogP contribution in [0.3, 0.4) is 0 Å². The molecule has 1 saturated heterocycles. The second kappa shape index (κ2) is 7.39. The molecule has 1 amide bonds. The van der Waals surface area contributed by atoms with Gasteiger partial charge in [-0.05, 0) is 12.8 Å². The minimum Gasteiger partial charge on any atom is -0.378 e. The SMILES string of the molecule is COCc1cc(N2CCC(n3nccc3NC(C)=O)CC2)ncn1. The van der Waals surface area contributed by atoms with Crippen molar-refractivity contribution in [2.24, 2.45) is 0 Å². The van der Waals surface area contributed by atoms with Gasteiger partial charge < -0.3 is 15.0 Å². The maximum atomic E-state index is 11.3. The van der Waals surface area contributed by atoms with E-state index in [2.05, 4.69) is 25.3 Å². The second-order valence-corrected chi connectivity index (χ2v) is 5.86. The maximum Gasteiger partial charge on any atom is 0.222 e. The van der Waals surface area contributed by atoms with E-state index < -0.39 is 0 Å². The number of aromatic nitrogens is 4. The molecule has 8 nitrogen and oxygen atoms in total. The number of methoxy groups -OCH3 is 1. The van der Waals surface area contributed by atoms with Gasteiger partial charge in [-0.3, -0.25) is 4.79 Å². The molecule has 2 aromatic heterocycles. The zero-order valence-corrected chi connectivity index (χ0v) is 14.0. The smallest absolute Gasteiger partial charge is 0.222 e. The fraction of sp³-hybridized carbons (Fsp3) is 0.500. The lowest BCUT2D eigenvalue weighted by Crippen LogP contribution is -2.36. The minimum absolute atomic E-state index is 0.0826. The number of piperidine rings is 1. The van der Waals surface area contributed by atoms with Gasteiger partial charge in [0.25, 0.3) is 0 Å². The first kappa shape index (κ1) is 16.4. The van der Waals surface area contributed by atoms with Crippen LogP contribution in [0.1, 0.15) is 31.5 Å². The van der Waals surface area contributed by atoms with Crippen molar-refractivity contribution in [1.82, 2.24) is 19.7 Å². The summed E-state index contributed by atoms with van der Waals surface area (Å²) in [5.41, 5.74) is 0.879. The monoisotopic (exact) mass is 330 g/mol. The number of rotatable bonds is 5. The van der Waals surface area contributed by atoms with Gasteiger partial charge in [-0.2, -0.15) is 5.10 Å². The molecular weight excluding hydrogens is 308 g/mol. The third-order valence-electron chi connectivity index (χ3n) is 4.11. The van der Waals surface area contributed by atoms with Crippen LogP contribution in [0.2, 0.25) is 0 Å². The van der Waals surface area contributed by atoms with E-state index in [4.69, 9.17) is 4.74 Å². The van der Waals surface area contributed by atoms with Crippen molar-refractivity contribution >= 4 is 17.5 Å². The second-order valence-electron chi connectivity index (χ2n) is 5.86. The Morgan fingerprint density at radius 1 is 1.38 bits per heavy atom. The summed E-state index contributed by atoms with van der Waals surface area (Å²) in [6.07, 6.45) is 5.19. The van der Waals surface area contributed by atoms with E-state index >= 15 is 0 Å². The van der Waals surface area contributed by atoms with Crippen LogP contribution in [0.4, 0.5) is 11.6 Å². The zero-order chi connectivity index (χ0) is 16.9. The highest BCUT2D eigenvalue weighted by Crippen LogP contribution is 2.27. The number of carbonyl (C=O) groups excluding carboxylic acids is 1. The number of nitrogens with zero attached hydrogens (tertiary/aromatic N) is 5. The number of hydrogen-bond donors (Lipinski definition) is 1. The molecule has 0 bridgehead atoms. The summed E-state index contributed by atoms with van der Waals surface area (Å²) in [5.74, 6) is 1.60. The zero-order valence-electron chi connectivity index (χ0n) is 14.0. The number of carbonyl (C=O) groups is 1. The lowest BCUT2D eigenvalue weighted by molar-refractivity contribution is -0.114. The summed E-state index contributed by atoms with van der Waals surface area (Å²) < 4.78 is 7.04. The van der Waals surface area contributed by atoms with Gasteiger partial charge in [0.15, 0.2) is 0 Å². The summed E-state index contributed by atoms with van der Waals surface area (Å²) in [6, 6.07) is 4.08. The summed E-state index contributed by atoms with van der Waals surface area (Å²) >= 11 is 0. The van der Waals surface area contributed by atoms with Gasteiger partial charge in [0.05, 0.1) is 24.5 Å². The molecule has 0 saturated carbocycles. The molecule has 128 valence electrons. The average molecular weight is 330 g/mol. The van der Waals surface area contributed by atoms with E-state index in [0.717, 1.165) is 43.3 Å². The Labute approximate surface area is 140 Å². The predicted molar refractivity (Wildman–Crippen MR) is 89.8 cm³/mol. The maximum absolute atomic E-state index is 11.3. The van der Waals surface area contributed by atoms with E-state index in [9.17, 15) is 4.79 Å². The molecule has 1 aliphatic heterocycles. The van der Waals surface area contributed by atoms with Crippen LogP contribution in [0.15, 0.2) is 24.7 Å². The first-order valence-corrected chi connectivity index (χ1v) is 8.03. The van der Waals surface area contributed by atoms with E-state index in [-0.39, 0.29) is 11.9 Å². The van der Waals surface area contributed by atoms with Crippen LogP contribution >= 0.6 is 0 Å². The molecule has 1 aliphatic rings. The normalized spacial score (nSPS) is 15.5. The highest BCUT2D eigenvalue weighted by atomic mass is 16.5. The first-order valence-electron chi connectivity index (χ1n) is 8.03. The Balaban J connectivity index is 1.65. The number of ether oxygens (including phenoxy) is 1. The Kier molecular flexibility index (Phi) is 5.05. The average Bonchev–Trinajstić information content (AvgIpc) is 3.03. The molecule has 3 rings (SSSR count). The number of anilines is 2. The molecule has 2 aromatic rings. The molecule has 0 spiro atoms. The van der Waals surface area contributed by atoms with Crippen LogP contribution in [-0.4, -0.2) is 45.9 Å². The molecular formula is C16H22N6O2. The van der Waals surface area contributed by atoms with Crippen molar-refractivity contribution in [3.8, 4) is 0 Å². The van der Waals surface area contributed by atoms with Gasteiger partial charge in [-0.1, -0.05) is 0 Å². The summed E-state index contributed by atoms with van der Waals surface area (Å²) in [6.45, 7) is 3.76. The van der Waals surface area contributed by atoms with Crippen molar-refractivity contribution in [2.45, 2.75) is 32.4 Å². The molecule has 3 heterocycles. The van der Waals surface area contributed by atoms with Gasteiger partial charge in [0.2, 0.25) is 5.91 Å². The standard InChI is InChI=1S/C16H22N6O2/c1-12(23)20-15-3-6-19-22(15)14-4-7-21(8-5-14)16-9-13(10-24-2)17-11-18-16/h3,6,9,11,14H,4-5,7-8,10H2,1-2H3,(H,20,23). The molecule has 8 heteroatoms. The molecule has 0 atom stereocenters. The fourth-order valence-electron chi connectivity index (χ4n) is 3.01. The first-order chi connectivity index (χ1) is 11.7. The molecule has 0 unspecified atom stereocenters. The molecule has 0 radical (unpaired) electrons. The van der Waals surface area contributed by atoms with E-state index in [0.29, 0.717) is 6.61 Å². The van der Waals surface area contributed by atoms with Crippen LogP contribution in [-0.2, 0) is 16.1 Å². The third-order valence-corrected chi connectivity index (χ3v) is 4.11. The predicted octanol–water partition coefficient (Wildman–Crippen LogP) is 1.62. The van der Waals surface area contributed by atoms with Gasteiger partial charge in [-0.25, -0.2) is 14.6 Å². The summed E-state index contributed by atoms with van der Waals surface area (Å²) in [5, 5.41) is 7.20. The number of hydrogen-bond acceptors (Lipinski definition) is 6. The van der Waals surface area contributed by atoms with Crippen molar-refractivity contribution in [3.05, 3.63) is 30.4 Å². The largest absolute Gasteiger partial charge is 0.378 e. The fourth-order valence-corrected chi connectivity index (χ4v) is 3.01. The van der Waals surface area contributed by atoms with Gasteiger partial charge in [0.1, 0.15) is 18.0 Å². The van der Waals surface area contributed by atoms with Crippen LogP contribution in [0.5, 0.6) is 0 Å². The van der Waals surface area contributed by atoms with Crippen LogP contribution < -0.4 is 10.2 Å². The highest BCUT2D eigenvalue weighted by molar-refractivity contribution is 5.87. The summed E-state index contributed by atoms with van der Waals surface area (Å²) in [7, 11) is 1.66. The Morgan fingerprint density at radius 3 is 2.88 bits per heavy atom. The lowest BCUT2D eigenvalue weighted by atomic mass is 10.1. The van der Waals surface area contributed by atoms with E-state index in [1.807, 2.05) is 16.8 Å². The Morgan fingerprint density at radius 2 is 2.17 bits per heavy atom. The quantitative estimate of drug-likeness (QED) is 0.897. The molecule has 0 aliphatic carbocycles. The number of nitrogens with one attached hydrogen (secondary N) is 1. The molecule has 1 fully saturated rings. The minimum atomic E-state index is -0.0826. The Hall–Kier alpha value is -2.48. The van der Waals surface area contributed by atoms with Crippen molar-refractivity contribution in [3.63, 3.8) is 0 Å². The topological polar surface area (TPSA) is 85.2 Å². The van der Waals surface area contributed by atoms with Gasteiger partial charge >= 0.3 is 0 Å². The molecule has 24 heavy (non-hydrogen) atoms. The molecule has 1 N–H and O–H groups in total. The van der Waals surface area contributed by atoms with Gasteiger partial charge in [0, 0.05) is 39.3 Å². The third kappa shape index (κ3) is 3.70. The number of amides is 1. The summed E-state index contributed by atoms with van der Waals surface area (Å²) in [4.78, 5) is 22.1. The highest BCUT2D eigenvalue weighted by Gasteiger charge is 2.23. The van der Waals surface area contributed by atoms with Crippen LogP contribution in [0, 0.1) is 0 Å². The van der Waals surface area contributed by atoms with Crippen molar-refractivity contribution in [1.29, 1.82) is 0 Å².